The van der Waals surface area contributed by atoms with Crippen molar-refractivity contribution in [1.29, 1.82) is 0 Å². The predicted octanol–water partition coefficient (Wildman–Crippen LogP) is 1.77. The topological polar surface area (TPSA) is 42.1 Å². The number of anilines is 1. The van der Waals surface area contributed by atoms with Gasteiger partial charge in [-0.2, -0.15) is 0 Å². The van der Waals surface area contributed by atoms with E-state index >= 15 is 0 Å². The van der Waals surface area contributed by atoms with Crippen LogP contribution in [0, 0.1) is 0 Å². The van der Waals surface area contributed by atoms with Crippen LogP contribution < -0.4 is 10.6 Å². The van der Waals surface area contributed by atoms with E-state index in [1.54, 1.807) is 0 Å². The van der Waals surface area contributed by atoms with Gasteiger partial charge in [0.25, 0.3) is 0 Å². The first-order valence-electron chi connectivity index (χ1n) is 4.82. The van der Waals surface area contributed by atoms with Crippen LogP contribution in [0.15, 0.2) is 22.9 Å². The van der Waals surface area contributed by atoms with Gasteiger partial charge in [-0.05, 0) is 35.3 Å². The van der Waals surface area contributed by atoms with Crippen molar-refractivity contribution < 1.29 is 0 Å². The third-order valence-corrected chi connectivity index (χ3v) is 3.49. The van der Waals surface area contributed by atoms with E-state index in [-0.39, 0.29) is 6.04 Å². The minimum atomic E-state index is 0.287. The molecule has 1 saturated heterocycles. The fourth-order valence-corrected chi connectivity index (χ4v) is 2.38. The zero-order valence-corrected chi connectivity index (χ0v) is 9.74. The largest absolute Gasteiger partial charge is 0.366 e. The van der Waals surface area contributed by atoms with Gasteiger partial charge in [0.05, 0.1) is 10.2 Å². The van der Waals surface area contributed by atoms with Gasteiger partial charge in [0.2, 0.25) is 0 Å². The van der Waals surface area contributed by atoms with Gasteiger partial charge >= 0.3 is 0 Å². The van der Waals surface area contributed by atoms with Crippen LogP contribution in [0.2, 0.25) is 0 Å². The lowest BCUT2D eigenvalue weighted by atomic mass is 10.1. The smallest absolute Gasteiger partial charge is 0.0592 e. The van der Waals surface area contributed by atoms with Gasteiger partial charge in [0.15, 0.2) is 0 Å². The summed E-state index contributed by atoms with van der Waals surface area (Å²) < 4.78 is 1.04. The summed E-state index contributed by atoms with van der Waals surface area (Å²) >= 11 is 3.51. The molecular formula is C10H14BrN3. The summed E-state index contributed by atoms with van der Waals surface area (Å²) in [6.45, 7) is 3.20. The maximum Gasteiger partial charge on any atom is 0.0592 e. The number of aromatic nitrogens is 1. The van der Waals surface area contributed by atoms with Crippen LogP contribution >= 0.6 is 15.9 Å². The van der Waals surface area contributed by atoms with E-state index in [1.807, 2.05) is 18.5 Å². The van der Waals surface area contributed by atoms with Gasteiger partial charge in [-0.25, -0.2) is 0 Å². The molecule has 0 aromatic carbocycles. The van der Waals surface area contributed by atoms with Crippen molar-refractivity contribution in [2.45, 2.75) is 25.4 Å². The Morgan fingerprint density at radius 1 is 1.64 bits per heavy atom. The first-order chi connectivity index (χ1) is 6.70. The highest BCUT2D eigenvalue weighted by Gasteiger charge is 2.28. The Kier molecular flexibility index (Phi) is 2.74. The number of nitrogens with zero attached hydrogens (tertiary/aromatic N) is 2. The molecule has 14 heavy (non-hydrogen) atoms. The standard InChI is InChI=1S/C10H14BrN3/c1-7-9(12)3-5-14(7)10-2-4-13-6-8(10)11/h2,4,6-7,9H,3,5,12H2,1H3. The average molecular weight is 256 g/mol. The zero-order valence-electron chi connectivity index (χ0n) is 8.15. The molecular weight excluding hydrogens is 242 g/mol. The number of halogens is 1. The molecule has 1 aromatic heterocycles. The van der Waals surface area contributed by atoms with Crippen molar-refractivity contribution in [3.8, 4) is 0 Å². The van der Waals surface area contributed by atoms with Gasteiger partial charge in [-0.3, -0.25) is 4.98 Å². The van der Waals surface area contributed by atoms with Crippen molar-refractivity contribution in [1.82, 2.24) is 4.98 Å². The minimum absolute atomic E-state index is 0.287. The lowest BCUT2D eigenvalue weighted by Crippen LogP contribution is -2.36. The maximum atomic E-state index is 5.98. The highest BCUT2D eigenvalue weighted by atomic mass is 79.9. The quantitative estimate of drug-likeness (QED) is 0.832. The van der Waals surface area contributed by atoms with Crippen LogP contribution in [0.25, 0.3) is 0 Å². The fourth-order valence-electron chi connectivity index (χ4n) is 1.90. The Hall–Kier alpha value is -0.610. The fraction of sp³-hybridized carbons (Fsp3) is 0.500. The third-order valence-electron chi connectivity index (χ3n) is 2.88. The van der Waals surface area contributed by atoms with Gasteiger partial charge in [0.1, 0.15) is 0 Å². The second kappa shape index (κ2) is 3.87. The summed E-state index contributed by atoms with van der Waals surface area (Å²) in [4.78, 5) is 6.39. The summed E-state index contributed by atoms with van der Waals surface area (Å²) in [6.07, 6.45) is 4.71. The van der Waals surface area contributed by atoms with E-state index in [0.29, 0.717) is 6.04 Å². The number of nitrogens with two attached hydrogens (primary N) is 1. The predicted molar refractivity (Wildman–Crippen MR) is 61.3 cm³/mol. The maximum absolute atomic E-state index is 5.98. The molecule has 2 N–H and O–H groups in total. The molecule has 0 bridgehead atoms. The van der Waals surface area contributed by atoms with E-state index < -0.39 is 0 Å². The Labute approximate surface area is 92.4 Å². The lowest BCUT2D eigenvalue weighted by molar-refractivity contribution is 0.624. The Bertz CT molecular complexity index is 329. The van der Waals surface area contributed by atoms with Crippen LogP contribution in [-0.4, -0.2) is 23.6 Å². The molecule has 2 rings (SSSR count). The molecule has 0 aliphatic carbocycles. The van der Waals surface area contributed by atoms with Crippen molar-refractivity contribution in [2.75, 3.05) is 11.4 Å². The molecule has 1 aliphatic heterocycles. The number of hydrogen-bond acceptors (Lipinski definition) is 3. The number of hydrogen-bond donors (Lipinski definition) is 1. The van der Waals surface area contributed by atoms with Crippen LogP contribution in [-0.2, 0) is 0 Å². The van der Waals surface area contributed by atoms with Gasteiger partial charge in [-0.15, -0.1) is 0 Å². The van der Waals surface area contributed by atoms with Crippen LogP contribution in [0.4, 0.5) is 5.69 Å². The molecule has 0 radical (unpaired) electrons. The van der Waals surface area contributed by atoms with Crippen LogP contribution in [0.3, 0.4) is 0 Å². The molecule has 2 heterocycles. The second-order valence-corrected chi connectivity index (χ2v) is 4.57. The van der Waals surface area contributed by atoms with Crippen LogP contribution in [0.1, 0.15) is 13.3 Å². The van der Waals surface area contributed by atoms with Crippen molar-refractivity contribution in [2.24, 2.45) is 5.73 Å². The summed E-state index contributed by atoms with van der Waals surface area (Å²) in [5.41, 5.74) is 7.18. The highest BCUT2D eigenvalue weighted by molar-refractivity contribution is 9.10. The molecule has 2 atom stereocenters. The molecule has 0 amide bonds. The van der Waals surface area contributed by atoms with Gasteiger partial charge in [0, 0.05) is 31.0 Å². The van der Waals surface area contributed by atoms with Crippen molar-refractivity contribution in [3.05, 3.63) is 22.9 Å². The van der Waals surface area contributed by atoms with E-state index in [9.17, 15) is 0 Å². The molecule has 4 heteroatoms. The number of pyridine rings is 1. The summed E-state index contributed by atoms with van der Waals surface area (Å²) in [6, 6.07) is 2.72. The molecule has 0 saturated carbocycles. The summed E-state index contributed by atoms with van der Waals surface area (Å²) in [7, 11) is 0. The highest BCUT2D eigenvalue weighted by Crippen LogP contribution is 2.30. The first-order valence-corrected chi connectivity index (χ1v) is 5.61. The Morgan fingerprint density at radius 2 is 2.43 bits per heavy atom. The van der Waals surface area contributed by atoms with Crippen molar-refractivity contribution >= 4 is 21.6 Å². The molecule has 3 nitrogen and oxygen atoms in total. The monoisotopic (exact) mass is 255 g/mol. The summed E-state index contributed by atoms with van der Waals surface area (Å²) in [5, 5.41) is 0. The first kappa shape index (κ1) is 9.93. The van der Waals surface area contributed by atoms with E-state index in [2.05, 4.69) is 32.7 Å². The SMILES string of the molecule is CC1C(N)CCN1c1ccncc1Br. The normalized spacial score (nSPS) is 26.9. The second-order valence-electron chi connectivity index (χ2n) is 3.71. The lowest BCUT2D eigenvalue weighted by Gasteiger charge is -2.26. The molecule has 76 valence electrons. The molecule has 2 unspecified atom stereocenters. The zero-order chi connectivity index (χ0) is 10.1. The van der Waals surface area contributed by atoms with Crippen LogP contribution in [0.5, 0.6) is 0 Å². The van der Waals surface area contributed by atoms with Crippen molar-refractivity contribution in [3.63, 3.8) is 0 Å². The molecule has 0 spiro atoms. The minimum Gasteiger partial charge on any atom is -0.366 e. The molecule has 1 aromatic rings. The molecule has 1 aliphatic rings. The Morgan fingerprint density at radius 3 is 3.00 bits per heavy atom. The van der Waals surface area contributed by atoms with Gasteiger partial charge in [-0.1, -0.05) is 0 Å². The third kappa shape index (κ3) is 1.64. The van der Waals surface area contributed by atoms with Gasteiger partial charge < -0.3 is 10.6 Å². The van der Waals surface area contributed by atoms with E-state index in [1.165, 1.54) is 5.69 Å². The Balaban J connectivity index is 2.28. The number of rotatable bonds is 1. The molecule has 1 fully saturated rings. The van der Waals surface area contributed by atoms with E-state index in [0.717, 1.165) is 17.4 Å². The summed E-state index contributed by atoms with van der Waals surface area (Å²) in [5.74, 6) is 0. The van der Waals surface area contributed by atoms with E-state index in [4.69, 9.17) is 5.73 Å². The average Bonchev–Trinajstić information content (AvgIpc) is 2.49.